The number of ether oxygens (including phenoxy) is 2. The van der Waals surface area contributed by atoms with E-state index in [1.807, 2.05) is 6.07 Å². The zero-order chi connectivity index (χ0) is 24.0. The molecule has 33 heavy (non-hydrogen) atoms. The Bertz CT molecular complexity index is 1110. The van der Waals surface area contributed by atoms with Crippen molar-refractivity contribution in [2.75, 3.05) is 38.3 Å². The summed E-state index contributed by atoms with van der Waals surface area (Å²) in [7, 11) is 1.47. The van der Waals surface area contributed by atoms with Gasteiger partial charge < -0.3 is 14.4 Å². The van der Waals surface area contributed by atoms with Gasteiger partial charge in [0, 0.05) is 30.6 Å². The number of morpholine rings is 1. The van der Waals surface area contributed by atoms with Crippen molar-refractivity contribution in [1.82, 2.24) is 0 Å². The molecular formula is C23H19F6NO3. The van der Waals surface area contributed by atoms with Crippen molar-refractivity contribution in [2.24, 2.45) is 0 Å². The maximum Gasteiger partial charge on any atom is 0.417 e. The van der Waals surface area contributed by atoms with Gasteiger partial charge in [-0.15, -0.1) is 0 Å². The Morgan fingerprint density at radius 2 is 1.64 bits per heavy atom. The molecule has 0 unspecified atom stereocenters. The second kappa shape index (κ2) is 8.40. The van der Waals surface area contributed by atoms with Crippen LogP contribution in [-0.4, -0.2) is 39.2 Å². The number of alkyl halides is 6. The van der Waals surface area contributed by atoms with Gasteiger partial charge in [0.2, 0.25) is 0 Å². The van der Waals surface area contributed by atoms with Gasteiger partial charge in [0.05, 0.1) is 37.1 Å². The molecular weight excluding hydrogens is 452 g/mol. The zero-order valence-electron chi connectivity index (χ0n) is 17.4. The van der Waals surface area contributed by atoms with Crippen LogP contribution in [0.4, 0.5) is 32.0 Å². The van der Waals surface area contributed by atoms with Crippen molar-refractivity contribution < 1.29 is 40.6 Å². The lowest BCUT2D eigenvalue weighted by molar-refractivity contribution is -0.162. The lowest BCUT2D eigenvalue weighted by atomic mass is 10.0. The number of hydrogen-bond acceptors (Lipinski definition) is 4. The first-order valence-corrected chi connectivity index (χ1v) is 10.1. The van der Waals surface area contributed by atoms with Crippen LogP contribution in [-0.2, 0) is 23.5 Å². The summed E-state index contributed by atoms with van der Waals surface area (Å²) in [5.41, 5.74) is -1.68. The molecule has 2 aromatic carbocycles. The molecule has 176 valence electrons. The number of ketones is 1. The van der Waals surface area contributed by atoms with E-state index in [2.05, 4.69) is 4.90 Å². The van der Waals surface area contributed by atoms with Gasteiger partial charge in [-0.05, 0) is 41.5 Å². The van der Waals surface area contributed by atoms with Gasteiger partial charge in [-0.2, -0.15) is 26.3 Å². The molecule has 0 bridgehead atoms. The number of halogens is 6. The Labute approximate surface area is 185 Å². The van der Waals surface area contributed by atoms with Crippen molar-refractivity contribution in [3.8, 4) is 5.75 Å². The van der Waals surface area contributed by atoms with Gasteiger partial charge in [0.25, 0.3) is 0 Å². The van der Waals surface area contributed by atoms with E-state index >= 15 is 0 Å². The topological polar surface area (TPSA) is 38.8 Å². The van der Waals surface area contributed by atoms with Crippen molar-refractivity contribution in [3.05, 3.63) is 63.7 Å². The highest BCUT2D eigenvalue weighted by atomic mass is 19.4. The predicted octanol–water partition coefficient (Wildman–Crippen LogP) is 5.39. The summed E-state index contributed by atoms with van der Waals surface area (Å²) >= 11 is 0. The van der Waals surface area contributed by atoms with E-state index in [9.17, 15) is 31.1 Å². The molecule has 2 aliphatic rings. The van der Waals surface area contributed by atoms with Crippen LogP contribution in [0.1, 0.15) is 32.6 Å². The average molecular weight is 471 g/mol. The zero-order valence-corrected chi connectivity index (χ0v) is 17.4. The van der Waals surface area contributed by atoms with E-state index in [1.54, 1.807) is 6.07 Å². The lowest BCUT2D eigenvalue weighted by Crippen LogP contribution is -2.36. The van der Waals surface area contributed by atoms with Crippen molar-refractivity contribution >= 4 is 17.5 Å². The van der Waals surface area contributed by atoms with E-state index < -0.39 is 29.3 Å². The quantitative estimate of drug-likeness (QED) is 0.445. The Morgan fingerprint density at radius 3 is 2.24 bits per heavy atom. The third-order valence-electron chi connectivity index (χ3n) is 5.67. The Balaban J connectivity index is 1.70. The molecule has 1 aliphatic carbocycles. The van der Waals surface area contributed by atoms with Crippen LogP contribution in [0, 0.1) is 0 Å². The average Bonchev–Trinajstić information content (AvgIpc) is 3.06. The van der Waals surface area contributed by atoms with Gasteiger partial charge >= 0.3 is 12.4 Å². The fourth-order valence-corrected chi connectivity index (χ4v) is 4.09. The number of nitrogens with zero attached hydrogens (tertiary/aromatic N) is 1. The van der Waals surface area contributed by atoms with Crippen LogP contribution in [0.3, 0.4) is 0 Å². The number of methoxy groups -OCH3 is 1. The molecule has 0 spiro atoms. The molecule has 4 nitrogen and oxygen atoms in total. The fraction of sp³-hybridized carbons (Fsp3) is 0.348. The van der Waals surface area contributed by atoms with Gasteiger partial charge in [0.1, 0.15) is 5.75 Å². The maximum absolute atomic E-state index is 13.3. The molecule has 1 heterocycles. The first kappa shape index (κ1) is 23.2. The molecule has 0 radical (unpaired) electrons. The molecule has 0 N–H and O–H groups in total. The summed E-state index contributed by atoms with van der Waals surface area (Å²) < 4.78 is 89.6. The number of allylic oxidation sites excluding steroid dienone is 1. The van der Waals surface area contributed by atoms with Crippen LogP contribution in [0.25, 0.3) is 6.08 Å². The van der Waals surface area contributed by atoms with E-state index in [-0.39, 0.29) is 17.6 Å². The molecule has 4 rings (SSSR count). The van der Waals surface area contributed by atoms with Gasteiger partial charge in [0.15, 0.2) is 5.78 Å². The standard InChI is InChI=1S/C23H19F6NO3/c1-32-20-12-16-14(11-19(20)30-4-6-33-7-5-30)10-15(21(16)31)8-13-2-3-17(22(24,25)26)18(9-13)23(27,28)29/h2-3,8-9,11-12H,4-7,10H2,1H3/b15-8+. The third-order valence-corrected chi connectivity index (χ3v) is 5.67. The first-order valence-electron chi connectivity index (χ1n) is 10.1. The maximum atomic E-state index is 13.3. The molecule has 1 aliphatic heterocycles. The molecule has 10 heteroatoms. The van der Waals surface area contributed by atoms with Gasteiger partial charge in [-0.1, -0.05) is 6.07 Å². The van der Waals surface area contributed by atoms with Crippen LogP contribution in [0.2, 0.25) is 0 Å². The number of carbonyl (C=O) groups excluding carboxylic acids is 1. The van der Waals surface area contributed by atoms with E-state index in [0.717, 1.165) is 11.8 Å². The molecule has 0 saturated carbocycles. The highest BCUT2D eigenvalue weighted by molar-refractivity contribution is 6.16. The highest BCUT2D eigenvalue weighted by Crippen LogP contribution is 2.42. The number of carbonyl (C=O) groups is 1. The Kier molecular flexibility index (Phi) is 5.90. The van der Waals surface area contributed by atoms with E-state index in [1.165, 1.54) is 13.2 Å². The fourth-order valence-electron chi connectivity index (χ4n) is 4.09. The molecule has 0 aromatic heterocycles. The SMILES string of the molecule is COc1cc2c(cc1N1CCOCC1)C/C(=C\c1ccc(C(F)(F)F)c(C(F)(F)F)c1)C2=O. The summed E-state index contributed by atoms with van der Waals surface area (Å²) in [6, 6.07) is 5.15. The van der Waals surface area contributed by atoms with Crippen LogP contribution < -0.4 is 9.64 Å². The number of rotatable bonds is 3. The normalized spacial score (nSPS) is 18.1. The number of hydrogen-bond donors (Lipinski definition) is 0. The van der Waals surface area contributed by atoms with Crippen molar-refractivity contribution in [1.29, 1.82) is 0 Å². The second-order valence-corrected chi connectivity index (χ2v) is 7.76. The van der Waals surface area contributed by atoms with E-state index in [4.69, 9.17) is 9.47 Å². The second-order valence-electron chi connectivity index (χ2n) is 7.76. The minimum Gasteiger partial charge on any atom is -0.495 e. The number of benzene rings is 2. The lowest BCUT2D eigenvalue weighted by Gasteiger charge is -2.30. The first-order chi connectivity index (χ1) is 15.5. The third kappa shape index (κ3) is 4.57. The Hall–Kier alpha value is -3.01. The number of Topliss-reactive ketones (excluding diaryl/α,β-unsaturated/α-hetero) is 1. The van der Waals surface area contributed by atoms with Crippen LogP contribution in [0.5, 0.6) is 5.75 Å². The summed E-state index contributed by atoms with van der Waals surface area (Å²) in [6.07, 6.45) is -8.98. The van der Waals surface area contributed by atoms with Crippen molar-refractivity contribution in [2.45, 2.75) is 18.8 Å². The van der Waals surface area contributed by atoms with Crippen LogP contribution in [0.15, 0.2) is 35.9 Å². The van der Waals surface area contributed by atoms with E-state index in [0.29, 0.717) is 55.3 Å². The summed E-state index contributed by atoms with van der Waals surface area (Å²) in [6.45, 7) is 2.36. The summed E-state index contributed by atoms with van der Waals surface area (Å²) in [4.78, 5) is 15.0. The largest absolute Gasteiger partial charge is 0.495 e. The van der Waals surface area contributed by atoms with Crippen LogP contribution >= 0.6 is 0 Å². The highest BCUT2D eigenvalue weighted by Gasteiger charge is 2.43. The minimum atomic E-state index is -5.19. The monoisotopic (exact) mass is 471 g/mol. The van der Waals surface area contributed by atoms with Gasteiger partial charge in [-0.25, -0.2) is 0 Å². The Morgan fingerprint density at radius 1 is 0.970 bits per heavy atom. The smallest absolute Gasteiger partial charge is 0.417 e. The summed E-state index contributed by atoms with van der Waals surface area (Å²) in [5, 5.41) is 0. The molecule has 1 saturated heterocycles. The molecule has 0 atom stereocenters. The number of anilines is 1. The number of fused-ring (bicyclic) bond motifs is 1. The van der Waals surface area contributed by atoms with Crippen molar-refractivity contribution in [3.63, 3.8) is 0 Å². The van der Waals surface area contributed by atoms with Gasteiger partial charge in [-0.3, -0.25) is 4.79 Å². The minimum absolute atomic E-state index is 0.133. The molecule has 1 fully saturated rings. The molecule has 0 amide bonds. The summed E-state index contributed by atoms with van der Waals surface area (Å²) in [5.74, 6) is 0.0874. The molecule has 2 aromatic rings. The predicted molar refractivity (Wildman–Crippen MR) is 108 cm³/mol.